The number of cyclic esters (lactones) is 1. The van der Waals surface area contributed by atoms with Crippen LogP contribution < -0.4 is 0 Å². The summed E-state index contributed by atoms with van der Waals surface area (Å²) in [5.74, 6) is -0.311. The highest BCUT2D eigenvalue weighted by Crippen LogP contribution is 2.26. The lowest BCUT2D eigenvalue weighted by Gasteiger charge is -1.98. The average molecular weight is 456 g/mol. The van der Waals surface area contributed by atoms with Crippen LogP contribution in [0.1, 0.15) is 22.8 Å². The first kappa shape index (κ1) is 16.7. The van der Waals surface area contributed by atoms with Gasteiger partial charge in [0.05, 0.1) is 5.52 Å². The van der Waals surface area contributed by atoms with Gasteiger partial charge in [0, 0.05) is 33.2 Å². The van der Waals surface area contributed by atoms with E-state index in [0.717, 1.165) is 25.6 Å². The lowest BCUT2D eigenvalue weighted by atomic mass is 10.1. The molecule has 0 amide bonds. The van der Waals surface area contributed by atoms with Gasteiger partial charge in [0.1, 0.15) is 0 Å². The Morgan fingerprint density at radius 3 is 2.62 bits per heavy atom. The number of fused-ring (bicyclic) bond motifs is 1. The van der Waals surface area contributed by atoms with Crippen molar-refractivity contribution < 1.29 is 14.3 Å². The van der Waals surface area contributed by atoms with E-state index in [1.54, 1.807) is 16.8 Å². The van der Waals surface area contributed by atoms with Crippen LogP contribution in [0.4, 0.5) is 0 Å². The molecule has 0 unspecified atom stereocenters. The summed E-state index contributed by atoms with van der Waals surface area (Å²) in [7, 11) is 0. The van der Waals surface area contributed by atoms with Crippen LogP contribution in [0.2, 0.25) is 0 Å². The predicted octanol–water partition coefficient (Wildman–Crippen LogP) is 4.25. The van der Waals surface area contributed by atoms with E-state index in [-0.39, 0.29) is 17.5 Å². The molecule has 0 aliphatic carbocycles. The van der Waals surface area contributed by atoms with Gasteiger partial charge in [-0.05, 0) is 59.0 Å². The molecule has 128 valence electrons. The van der Waals surface area contributed by atoms with Crippen LogP contribution in [0.25, 0.3) is 17.0 Å². The number of nitrogens with zero attached hydrogens (tertiary/aromatic N) is 2. The van der Waals surface area contributed by atoms with E-state index in [2.05, 4.69) is 27.6 Å². The van der Waals surface area contributed by atoms with Crippen molar-refractivity contribution >= 4 is 57.3 Å². The second kappa shape index (κ2) is 6.53. The van der Waals surface area contributed by atoms with E-state index in [1.165, 1.54) is 6.92 Å². The van der Waals surface area contributed by atoms with Crippen molar-refractivity contribution in [2.75, 3.05) is 0 Å². The van der Waals surface area contributed by atoms with E-state index in [9.17, 15) is 9.59 Å². The van der Waals surface area contributed by atoms with Gasteiger partial charge in [-0.1, -0.05) is 18.2 Å². The fraction of sp³-hybridized carbons (Fsp3) is 0.0500. The van der Waals surface area contributed by atoms with Crippen molar-refractivity contribution in [3.8, 4) is 0 Å². The topological polar surface area (TPSA) is 60.7 Å². The predicted molar refractivity (Wildman–Crippen MR) is 108 cm³/mol. The van der Waals surface area contributed by atoms with Crippen molar-refractivity contribution in [1.29, 1.82) is 0 Å². The lowest BCUT2D eigenvalue weighted by molar-refractivity contribution is -0.129. The molecule has 0 saturated heterocycles. The van der Waals surface area contributed by atoms with Crippen molar-refractivity contribution in [2.24, 2.45) is 4.99 Å². The van der Waals surface area contributed by atoms with Gasteiger partial charge in [0.25, 0.3) is 0 Å². The van der Waals surface area contributed by atoms with Crippen molar-refractivity contribution in [3.05, 3.63) is 75.1 Å². The maximum absolute atomic E-state index is 12.2. The molecule has 26 heavy (non-hydrogen) atoms. The Labute approximate surface area is 163 Å². The third-order valence-corrected chi connectivity index (χ3v) is 4.81. The van der Waals surface area contributed by atoms with Crippen LogP contribution in [-0.4, -0.2) is 22.3 Å². The summed E-state index contributed by atoms with van der Waals surface area (Å²) >= 11 is 2.21. The molecular weight excluding hydrogens is 443 g/mol. The summed E-state index contributed by atoms with van der Waals surface area (Å²) in [4.78, 5) is 28.4. The SMILES string of the molecule is CC(=O)n1cc(C=C2N=C(c3ccc(I)cc3)OC2=O)c2ccccc21. The van der Waals surface area contributed by atoms with Gasteiger partial charge in [-0.25, -0.2) is 9.79 Å². The zero-order valence-electron chi connectivity index (χ0n) is 13.8. The minimum absolute atomic E-state index is 0.0945. The molecule has 0 radical (unpaired) electrons. The fourth-order valence-electron chi connectivity index (χ4n) is 2.85. The monoisotopic (exact) mass is 456 g/mol. The minimum Gasteiger partial charge on any atom is -0.402 e. The number of aromatic nitrogens is 1. The molecule has 0 saturated carbocycles. The van der Waals surface area contributed by atoms with Crippen LogP contribution in [0.5, 0.6) is 0 Å². The maximum atomic E-state index is 12.2. The van der Waals surface area contributed by atoms with Crippen LogP contribution in [0, 0.1) is 3.57 Å². The van der Waals surface area contributed by atoms with Crippen molar-refractivity contribution in [1.82, 2.24) is 4.57 Å². The minimum atomic E-state index is -0.502. The Morgan fingerprint density at radius 1 is 1.15 bits per heavy atom. The van der Waals surface area contributed by atoms with Crippen LogP contribution >= 0.6 is 22.6 Å². The third kappa shape index (κ3) is 2.96. The van der Waals surface area contributed by atoms with E-state index < -0.39 is 5.97 Å². The van der Waals surface area contributed by atoms with Gasteiger partial charge >= 0.3 is 5.97 Å². The maximum Gasteiger partial charge on any atom is 0.363 e. The first-order valence-corrected chi connectivity index (χ1v) is 9.00. The molecule has 0 N–H and O–H groups in total. The largest absolute Gasteiger partial charge is 0.402 e. The first-order valence-electron chi connectivity index (χ1n) is 7.92. The number of rotatable bonds is 2. The van der Waals surface area contributed by atoms with Crippen LogP contribution in [0.3, 0.4) is 0 Å². The normalized spacial score (nSPS) is 15.4. The van der Waals surface area contributed by atoms with Crippen LogP contribution in [0.15, 0.2) is 65.4 Å². The fourth-order valence-corrected chi connectivity index (χ4v) is 3.21. The van der Waals surface area contributed by atoms with Gasteiger partial charge in [0.15, 0.2) is 5.70 Å². The van der Waals surface area contributed by atoms with E-state index in [4.69, 9.17) is 4.74 Å². The number of benzene rings is 2. The molecule has 1 aliphatic heterocycles. The highest BCUT2D eigenvalue weighted by atomic mass is 127. The molecule has 0 fully saturated rings. The molecule has 5 nitrogen and oxygen atoms in total. The van der Waals surface area contributed by atoms with Crippen molar-refractivity contribution in [3.63, 3.8) is 0 Å². The summed E-state index contributed by atoms with van der Waals surface area (Å²) < 4.78 is 7.95. The quantitative estimate of drug-likeness (QED) is 0.329. The van der Waals surface area contributed by atoms with E-state index >= 15 is 0 Å². The molecule has 6 heteroatoms. The summed E-state index contributed by atoms with van der Waals surface area (Å²) in [5.41, 5.74) is 2.49. The molecular formula is C20H13IN2O3. The molecule has 1 aromatic heterocycles. The van der Waals surface area contributed by atoms with E-state index in [1.807, 2.05) is 48.5 Å². The number of hydrogen-bond acceptors (Lipinski definition) is 4. The summed E-state index contributed by atoms with van der Waals surface area (Å²) in [6, 6.07) is 15.1. The van der Waals surface area contributed by atoms with Gasteiger partial charge in [-0.2, -0.15) is 0 Å². The number of hydrogen-bond donors (Lipinski definition) is 0. The zero-order valence-corrected chi connectivity index (χ0v) is 15.9. The van der Waals surface area contributed by atoms with Gasteiger partial charge in [0.2, 0.25) is 11.8 Å². The number of esters is 1. The average Bonchev–Trinajstić information content (AvgIpc) is 3.18. The summed E-state index contributed by atoms with van der Waals surface area (Å²) in [6.45, 7) is 1.50. The molecule has 2 aromatic carbocycles. The molecule has 0 bridgehead atoms. The number of para-hydroxylation sites is 1. The highest BCUT2D eigenvalue weighted by Gasteiger charge is 2.24. The first-order chi connectivity index (χ1) is 12.5. The number of halogens is 1. The lowest BCUT2D eigenvalue weighted by Crippen LogP contribution is -2.05. The Hall–Kier alpha value is -2.74. The Morgan fingerprint density at radius 2 is 1.88 bits per heavy atom. The second-order valence-electron chi connectivity index (χ2n) is 5.83. The van der Waals surface area contributed by atoms with E-state index in [0.29, 0.717) is 0 Å². The number of ether oxygens (including phenoxy) is 1. The standard InChI is InChI=1S/C20H13IN2O3/c1-12(24)23-11-14(16-4-2-3-5-18(16)23)10-17-20(25)26-19(22-17)13-6-8-15(21)9-7-13/h2-11H,1H3. The van der Waals surface area contributed by atoms with Gasteiger partial charge in [-0.3, -0.25) is 9.36 Å². The Bertz CT molecular complexity index is 1110. The Kier molecular flexibility index (Phi) is 4.20. The summed E-state index contributed by atoms with van der Waals surface area (Å²) in [6.07, 6.45) is 3.37. The third-order valence-electron chi connectivity index (χ3n) is 4.09. The molecule has 2 heterocycles. The number of carbonyl (C=O) groups is 2. The number of aliphatic imine (C=N–C) groups is 1. The van der Waals surface area contributed by atoms with Crippen molar-refractivity contribution in [2.45, 2.75) is 6.92 Å². The van der Waals surface area contributed by atoms with Gasteiger partial charge < -0.3 is 4.74 Å². The smallest absolute Gasteiger partial charge is 0.363 e. The summed E-state index contributed by atoms with van der Waals surface area (Å²) in [5, 5.41) is 0.876. The molecule has 4 rings (SSSR count). The Balaban J connectivity index is 1.79. The highest BCUT2D eigenvalue weighted by molar-refractivity contribution is 14.1. The zero-order chi connectivity index (χ0) is 18.3. The number of carbonyl (C=O) groups excluding carboxylic acids is 2. The second-order valence-corrected chi connectivity index (χ2v) is 7.08. The molecule has 0 spiro atoms. The molecule has 3 aromatic rings. The van der Waals surface area contributed by atoms with Crippen LogP contribution in [-0.2, 0) is 9.53 Å². The molecule has 0 atom stereocenters. The molecule has 1 aliphatic rings. The van der Waals surface area contributed by atoms with Gasteiger partial charge in [-0.15, -0.1) is 0 Å².